The molecule has 0 spiro atoms. The van der Waals surface area contributed by atoms with Crippen molar-refractivity contribution < 1.29 is 4.39 Å². The Balaban J connectivity index is 2.12. The lowest BCUT2D eigenvalue weighted by molar-refractivity contribution is 0.619. The molecule has 1 aromatic carbocycles. The molecule has 1 N–H and O–H groups in total. The van der Waals surface area contributed by atoms with Crippen molar-refractivity contribution >= 4 is 40.2 Å². The lowest BCUT2D eigenvalue weighted by atomic mass is 10.2. The van der Waals surface area contributed by atoms with E-state index < -0.39 is 0 Å². The first-order chi connectivity index (χ1) is 8.08. The van der Waals surface area contributed by atoms with Gasteiger partial charge in [-0.2, -0.15) is 0 Å². The van der Waals surface area contributed by atoms with Crippen LogP contribution in [-0.4, -0.2) is 4.98 Å². The molecule has 0 aliphatic rings. The molecule has 0 aliphatic carbocycles. The molecule has 17 heavy (non-hydrogen) atoms. The number of benzene rings is 1. The molecule has 2 aromatic rings. The van der Waals surface area contributed by atoms with Crippen LogP contribution in [0.5, 0.6) is 0 Å². The van der Waals surface area contributed by atoms with E-state index in [1.807, 2.05) is 0 Å². The third kappa shape index (κ3) is 2.89. The maximum absolute atomic E-state index is 13.2. The van der Waals surface area contributed by atoms with Gasteiger partial charge in [0.05, 0.1) is 17.3 Å². The molecule has 2 nitrogen and oxygen atoms in total. The zero-order valence-corrected chi connectivity index (χ0v) is 11.3. The van der Waals surface area contributed by atoms with Crippen LogP contribution in [0.3, 0.4) is 0 Å². The Labute approximate surface area is 112 Å². The monoisotopic (exact) mass is 290 g/mol. The summed E-state index contributed by atoms with van der Waals surface area (Å²) in [7, 11) is 0. The van der Waals surface area contributed by atoms with Crippen molar-refractivity contribution in [2.24, 2.45) is 0 Å². The summed E-state index contributed by atoms with van der Waals surface area (Å²) in [4.78, 5) is 4.93. The number of aromatic nitrogens is 1. The van der Waals surface area contributed by atoms with Crippen molar-refractivity contribution in [1.29, 1.82) is 0 Å². The van der Waals surface area contributed by atoms with Crippen LogP contribution in [0.1, 0.15) is 10.4 Å². The van der Waals surface area contributed by atoms with Crippen LogP contribution in [0, 0.1) is 12.7 Å². The normalized spacial score (nSPS) is 10.6. The van der Waals surface area contributed by atoms with E-state index >= 15 is 0 Å². The second-order valence-electron chi connectivity index (χ2n) is 3.47. The summed E-state index contributed by atoms with van der Waals surface area (Å²) in [5, 5.41) is 3.53. The highest BCUT2D eigenvalue weighted by atomic mass is 35.5. The molecule has 0 fully saturated rings. The molecule has 6 heteroatoms. The van der Waals surface area contributed by atoms with Gasteiger partial charge in [-0.3, -0.25) is 0 Å². The fourth-order valence-corrected chi connectivity index (χ4v) is 2.48. The lowest BCUT2D eigenvalue weighted by Crippen LogP contribution is -1.99. The number of hydrogen-bond donors (Lipinski definition) is 1. The van der Waals surface area contributed by atoms with E-state index in [1.165, 1.54) is 17.4 Å². The summed E-state index contributed by atoms with van der Waals surface area (Å²) >= 11 is 13.1. The molecule has 0 radical (unpaired) electrons. The fraction of sp³-hybridized carbons (Fsp3) is 0.182. The molecule has 0 atom stereocenters. The summed E-state index contributed by atoms with van der Waals surface area (Å²) in [5.41, 5.74) is 1.15. The minimum Gasteiger partial charge on any atom is -0.379 e. The second-order valence-corrected chi connectivity index (χ2v) is 5.54. The topological polar surface area (TPSA) is 24.9 Å². The van der Waals surface area contributed by atoms with Crippen molar-refractivity contribution in [2.75, 3.05) is 5.32 Å². The smallest absolute Gasteiger partial charge is 0.183 e. The number of nitrogens with zero attached hydrogens (tertiary/aromatic N) is 1. The number of rotatable bonds is 3. The standard InChI is InChI=1S/C11H9Cl2FN2S/c1-6-8(14)2-3-9(10(6)12)15-4-7-5-16-11(13)17-7/h2-3,5,15H,4H2,1H3. The van der Waals surface area contributed by atoms with Gasteiger partial charge in [0.15, 0.2) is 4.47 Å². The Morgan fingerprint density at radius 2 is 2.18 bits per heavy atom. The number of nitrogens with one attached hydrogen (secondary N) is 1. The van der Waals surface area contributed by atoms with Gasteiger partial charge in [0.25, 0.3) is 0 Å². The predicted molar refractivity (Wildman–Crippen MR) is 70.6 cm³/mol. The number of thiazole rings is 1. The van der Waals surface area contributed by atoms with Crippen LogP contribution in [0.2, 0.25) is 9.49 Å². The molecule has 0 saturated heterocycles. The highest BCUT2D eigenvalue weighted by molar-refractivity contribution is 7.15. The van der Waals surface area contributed by atoms with Crippen molar-refractivity contribution in [2.45, 2.75) is 13.5 Å². The van der Waals surface area contributed by atoms with Crippen LogP contribution < -0.4 is 5.32 Å². The average Bonchev–Trinajstić information content (AvgIpc) is 2.71. The third-order valence-corrected chi connectivity index (χ3v) is 3.90. The summed E-state index contributed by atoms with van der Waals surface area (Å²) < 4.78 is 13.7. The summed E-state index contributed by atoms with van der Waals surface area (Å²) in [6, 6.07) is 3.01. The van der Waals surface area contributed by atoms with Gasteiger partial charge in [0.1, 0.15) is 5.82 Å². The van der Waals surface area contributed by atoms with E-state index in [9.17, 15) is 4.39 Å². The molecule has 2 rings (SSSR count). The molecule has 90 valence electrons. The van der Waals surface area contributed by atoms with Crippen molar-refractivity contribution in [1.82, 2.24) is 4.98 Å². The van der Waals surface area contributed by atoms with Gasteiger partial charge < -0.3 is 5.32 Å². The van der Waals surface area contributed by atoms with Gasteiger partial charge in [-0.25, -0.2) is 9.37 Å². The Morgan fingerprint density at radius 1 is 1.41 bits per heavy atom. The molecule has 1 aromatic heterocycles. The predicted octanol–water partition coefficient (Wildman–Crippen LogP) is 4.51. The first kappa shape index (κ1) is 12.6. The van der Waals surface area contributed by atoms with Crippen LogP contribution in [0.15, 0.2) is 18.3 Å². The van der Waals surface area contributed by atoms with E-state index in [0.29, 0.717) is 27.3 Å². The van der Waals surface area contributed by atoms with Crippen LogP contribution in [-0.2, 0) is 6.54 Å². The molecule has 1 heterocycles. The van der Waals surface area contributed by atoms with E-state index in [0.717, 1.165) is 4.88 Å². The minimum absolute atomic E-state index is 0.304. The minimum atomic E-state index is -0.304. The third-order valence-electron chi connectivity index (χ3n) is 2.30. The molecule has 0 unspecified atom stereocenters. The number of hydrogen-bond acceptors (Lipinski definition) is 3. The SMILES string of the molecule is Cc1c(F)ccc(NCc2cnc(Cl)s2)c1Cl. The molecule has 0 saturated carbocycles. The van der Waals surface area contributed by atoms with Crippen molar-refractivity contribution in [3.8, 4) is 0 Å². The summed E-state index contributed by atoms with van der Waals surface area (Å²) in [6.07, 6.45) is 1.70. The van der Waals surface area contributed by atoms with Gasteiger partial charge in [0.2, 0.25) is 0 Å². The van der Waals surface area contributed by atoms with Gasteiger partial charge >= 0.3 is 0 Å². The van der Waals surface area contributed by atoms with E-state index in [1.54, 1.807) is 19.2 Å². The number of halogens is 3. The van der Waals surface area contributed by atoms with Crippen LogP contribution in [0.4, 0.5) is 10.1 Å². The molecule has 0 amide bonds. The Hall–Kier alpha value is -0.840. The van der Waals surface area contributed by atoms with E-state index in [4.69, 9.17) is 23.2 Å². The van der Waals surface area contributed by atoms with Crippen molar-refractivity contribution in [3.63, 3.8) is 0 Å². The molecular weight excluding hydrogens is 282 g/mol. The van der Waals surface area contributed by atoms with Crippen LogP contribution >= 0.6 is 34.5 Å². The van der Waals surface area contributed by atoms with Gasteiger partial charge in [0, 0.05) is 16.6 Å². The second kappa shape index (κ2) is 5.21. The molecule has 0 aliphatic heterocycles. The Morgan fingerprint density at radius 3 is 2.82 bits per heavy atom. The first-order valence-corrected chi connectivity index (χ1v) is 6.44. The molecular formula is C11H9Cl2FN2S. The highest BCUT2D eigenvalue weighted by Crippen LogP contribution is 2.28. The zero-order chi connectivity index (χ0) is 12.4. The highest BCUT2D eigenvalue weighted by Gasteiger charge is 2.08. The lowest BCUT2D eigenvalue weighted by Gasteiger charge is -2.09. The number of anilines is 1. The maximum Gasteiger partial charge on any atom is 0.183 e. The van der Waals surface area contributed by atoms with Gasteiger partial charge in [-0.15, -0.1) is 11.3 Å². The first-order valence-electron chi connectivity index (χ1n) is 4.86. The van der Waals surface area contributed by atoms with Crippen molar-refractivity contribution in [3.05, 3.63) is 44.1 Å². The van der Waals surface area contributed by atoms with Gasteiger partial charge in [-0.1, -0.05) is 23.2 Å². The average molecular weight is 291 g/mol. The van der Waals surface area contributed by atoms with E-state index in [2.05, 4.69) is 10.3 Å². The zero-order valence-electron chi connectivity index (χ0n) is 8.93. The van der Waals surface area contributed by atoms with Crippen LogP contribution in [0.25, 0.3) is 0 Å². The largest absolute Gasteiger partial charge is 0.379 e. The fourth-order valence-electron chi connectivity index (χ4n) is 1.35. The quantitative estimate of drug-likeness (QED) is 0.900. The summed E-state index contributed by atoms with van der Waals surface area (Å²) in [6.45, 7) is 2.21. The maximum atomic E-state index is 13.2. The summed E-state index contributed by atoms with van der Waals surface area (Å²) in [5.74, 6) is -0.304. The Bertz CT molecular complexity index is 542. The molecule has 0 bridgehead atoms. The van der Waals surface area contributed by atoms with Gasteiger partial charge in [-0.05, 0) is 19.1 Å². The Kier molecular flexibility index (Phi) is 3.86. The van der Waals surface area contributed by atoms with E-state index in [-0.39, 0.29) is 5.82 Å².